The first-order chi connectivity index (χ1) is 17.8. The lowest BCUT2D eigenvalue weighted by atomic mass is 10.1. The molecule has 3 aromatic rings. The maximum absolute atomic E-state index is 12.6. The molecule has 0 fully saturated rings. The fraction of sp³-hybridized carbons (Fsp3) is 0.400. The molecule has 0 aliphatic carbocycles. The second kappa shape index (κ2) is 13.4. The van der Waals surface area contributed by atoms with Gasteiger partial charge in [0.05, 0.1) is 31.9 Å². The molecule has 198 valence electrons. The molecule has 2 aromatic carbocycles. The van der Waals surface area contributed by atoms with Gasteiger partial charge in [-0.1, -0.05) is 36.4 Å². The summed E-state index contributed by atoms with van der Waals surface area (Å²) in [5, 5.41) is 26.3. The smallest absolute Gasteiger partial charge is 0.251 e. The number of aliphatic hydroxyl groups excluding tert-OH is 1. The Morgan fingerprint density at radius 2 is 1.95 bits per heavy atom. The summed E-state index contributed by atoms with van der Waals surface area (Å²) in [5.74, 6) is 0.209. The first-order valence-electron chi connectivity index (χ1n) is 11.9. The van der Waals surface area contributed by atoms with Crippen LogP contribution in [0.5, 0.6) is 5.75 Å². The zero-order chi connectivity index (χ0) is 26.7. The van der Waals surface area contributed by atoms with Crippen molar-refractivity contribution in [3.05, 3.63) is 71.5 Å². The van der Waals surface area contributed by atoms with E-state index in [-0.39, 0.29) is 44.7 Å². The van der Waals surface area contributed by atoms with E-state index >= 15 is 0 Å². The fourth-order valence-corrected chi connectivity index (χ4v) is 3.26. The molecule has 12 heteroatoms. The van der Waals surface area contributed by atoms with Crippen molar-refractivity contribution in [2.45, 2.75) is 38.6 Å². The molecule has 1 aromatic heterocycles. The molecule has 0 saturated heterocycles. The highest BCUT2D eigenvalue weighted by Crippen LogP contribution is 2.15. The van der Waals surface area contributed by atoms with Gasteiger partial charge in [0.25, 0.3) is 5.91 Å². The minimum absolute atomic E-state index is 0.128. The quantitative estimate of drug-likeness (QED) is 0.242. The van der Waals surface area contributed by atoms with Gasteiger partial charge >= 0.3 is 0 Å². The molecule has 0 spiro atoms. The Labute approximate surface area is 215 Å². The lowest BCUT2D eigenvalue weighted by molar-refractivity contribution is -0.126. The van der Waals surface area contributed by atoms with Crippen LogP contribution < -0.4 is 21.1 Å². The third-order valence-corrected chi connectivity index (χ3v) is 5.22. The van der Waals surface area contributed by atoms with Crippen molar-refractivity contribution < 1.29 is 24.2 Å². The van der Waals surface area contributed by atoms with Crippen molar-refractivity contribution in [2.24, 2.45) is 5.73 Å². The standard InChI is InChI=1S/C25H33N7O5/c1-25(2,26)24(35)28-21(17-36-16-18-7-4-3-5-8-18)22-29-30-31-32(22)12-14-37-20-10-6-9-19(15-20)23(34)27-11-13-33/h3-10,15,21,33H,11-14,16-17,26H2,1-2H3,(H,27,34)(H,28,35)/t21-/m1/s1. The van der Waals surface area contributed by atoms with E-state index in [1.54, 1.807) is 38.1 Å². The second-order valence-electron chi connectivity index (χ2n) is 8.86. The van der Waals surface area contributed by atoms with Gasteiger partial charge in [0.15, 0.2) is 5.82 Å². The van der Waals surface area contributed by atoms with E-state index in [0.717, 1.165) is 5.56 Å². The first kappa shape index (κ1) is 27.7. The fourth-order valence-electron chi connectivity index (χ4n) is 3.26. The highest BCUT2D eigenvalue weighted by atomic mass is 16.5. The second-order valence-corrected chi connectivity index (χ2v) is 8.86. The predicted octanol–water partition coefficient (Wildman–Crippen LogP) is 0.586. The number of nitrogens with one attached hydrogen (secondary N) is 2. The number of benzene rings is 2. The number of nitrogens with zero attached hydrogens (tertiary/aromatic N) is 4. The van der Waals surface area contributed by atoms with E-state index in [2.05, 4.69) is 26.2 Å². The summed E-state index contributed by atoms with van der Waals surface area (Å²) < 4.78 is 13.2. The minimum Gasteiger partial charge on any atom is -0.492 e. The molecular formula is C25H33N7O5. The highest BCUT2D eigenvalue weighted by Gasteiger charge is 2.28. The van der Waals surface area contributed by atoms with Crippen LogP contribution in [-0.2, 0) is 22.7 Å². The van der Waals surface area contributed by atoms with Crippen molar-refractivity contribution in [1.82, 2.24) is 30.8 Å². The number of aliphatic hydroxyl groups is 1. The largest absolute Gasteiger partial charge is 0.492 e. The molecule has 37 heavy (non-hydrogen) atoms. The van der Waals surface area contributed by atoms with Gasteiger partial charge < -0.3 is 30.9 Å². The zero-order valence-electron chi connectivity index (χ0n) is 21.0. The number of hydrogen-bond donors (Lipinski definition) is 4. The minimum atomic E-state index is -1.10. The predicted molar refractivity (Wildman–Crippen MR) is 134 cm³/mol. The van der Waals surface area contributed by atoms with Gasteiger partial charge in [-0.15, -0.1) is 5.10 Å². The number of carbonyl (C=O) groups is 2. The van der Waals surface area contributed by atoms with Gasteiger partial charge in [-0.2, -0.15) is 0 Å². The maximum atomic E-state index is 12.6. The Bertz CT molecular complexity index is 1150. The van der Waals surface area contributed by atoms with Crippen molar-refractivity contribution in [3.63, 3.8) is 0 Å². The van der Waals surface area contributed by atoms with Gasteiger partial charge in [-0.3, -0.25) is 9.59 Å². The molecule has 0 saturated carbocycles. The lowest BCUT2D eigenvalue weighted by Gasteiger charge is -2.23. The van der Waals surface area contributed by atoms with Gasteiger partial charge in [0.1, 0.15) is 18.4 Å². The molecule has 2 amide bonds. The molecule has 0 radical (unpaired) electrons. The molecule has 3 rings (SSSR count). The van der Waals surface area contributed by atoms with E-state index in [9.17, 15) is 9.59 Å². The molecule has 12 nitrogen and oxygen atoms in total. The summed E-state index contributed by atoms with van der Waals surface area (Å²) >= 11 is 0. The van der Waals surface area contributed by atoms with Gasteiger partial charge in [-0.25, -0.2) is 4.68 Å². The summed E-state index contributed by atoms with van der Waals surface area (Å²) in [6.07, 6.45) is 0. The van der Waals surface area contributed by atoms with E-state index in [1.165, 1.54) is 4.68 Å². The number of amides is 2. The molecule has 1 atom stereocenters. The van der Waals surface area contributed by atoms with Crippen molar-refractivity contribution in [2.75, 3.05) is 26.4 Å². The number of carbonyl (C=O) groups excluding carboxylic acids is 2. The molecule has 0 unspecified atom stereocenters. The van der Waals surface area contributed by atoms with Crippen LogP contribution in [-0.4, -0.2) is 69.0 Å². The summed E-state index contributed by atoms with van der Waals surface area (Å²) in [6, 6.07) is 15.7. The highest BCUT2D eigenvalue weighted by molar-refractivity contribution is 5.94. The van der Waals surface area contributed by atoms with Crippen LogP contribution in [0.15, 0.2) is 54.6 Å². The van der Waals surface area contributed by atoms with Crippen LogP contribution in [0.25, 0.3) is 0 Å². The van der Waals surface area contributed by atoms with Crippen molar-refractivity contribution in [1.29, 1.82) is 0 Å². The summed E-state index contributed by atoms with van der Waals surface area (Å²) in [6.45, 7) is 4.21. The van der Waals surface area contributed by atoms with E-state index in [0.29, 0.717) is 23.7 Å². The van der Waals surface area contributed by atoms with E-state index in [1.807, 2.05) is 30.3 Å². The third-order valence-electron chi connectivity index (χ3n) is 5.22. The number of ether oxygens (including phenoxy) is 2. The molecule has 5 N–H and O–H groups in total. The maximum Gasteiger partial charge on any atom is 0.251 e. The molecular weight excluding hydrogens is 478 g/mol. The summed E-state index contributed by atoms with van der Waals surface area (Å²) in [7, 11) is 0. The average molecular weight is 512 g/mol. The van der Waals surface area contributed by atoms with Crippen molar-refractivity contribution >= 4 is 11.8 Å². The Morgan fingerprint density at radius 3 is 2.68 bits per heavy atom. The van der Waals surface area contributed by atoms with Crippen LogP contribution in [0.2, 0.25) is 0 Å². The monoisotopic (exact) mass is 511 g/mol. The van der Waals surface area contributed by atoms with Gasteiger partial charge in [0.2, 0.25) is 5.91 Å². The first-order valence-corrected chi connectivity index (χ1v) is 11.9. The molecule has 0 bridgehead atoms. The Hall–Kier alpha value is -3.87. The molecule has 1 heterocycles. The molecule has 0 aliphatic heterocycles. The topological polar surface area (TPSA) is 167 Å². The third kappa shape index (κ3) is 8.63. The van der Waals surface area contributed by atoms with Crippen molar-refractivity contribution in [3.8, 4) is 5.75 Å². The number of rotatable bonds is 14. The lowest BCUT2D eigenvalue weighted by Crippen LogP contribution is -2.51. The van der Waals surface area contributed by atoms with Crippen LogP contribution in [0.3, 0.4) is 0 Å². The zero-order valence-corrected chi connectivity index (χ0v) is 21.0. The number of nitrogens with two attached hydrogens (primary N) is 1. The van der Waals surface area contributed by atoms with E-state index < -0.39 is 11.6 Å². The van der Waals surface area contributed by atoms with Crippen LogP contribution in [0.1, 0.15) is 41.6 Å². The normalized spacial score (nSPS) is 12.1. The Kier molecular flexibility index (Phi) is 10.1. The van der Waals surface area contributed by atoms with E-state index in [4.69, 9.17) is 20.3 Å². The number of tetrazole rings is 1. The Morgan fingerprint density at radius 1 is 1.16 bits per heavy atom. The Balaban J connectivity index is 1.64. The van der Waals surface area contributed by atoms with Crippen LogP contribution in [0, 0.1) is 0 Å². The number of hydrogen-bond acceptors (Lipinski definition) is 9. The molecule has 0 aliphatic rings. The van der Waals surface area contributed by atoms with Crippen LogP contribution in [0.4, 0.5) is 0 Å². The SMILES string of the molecule is CC(C)(N)C(=O)N[C@H](COCc1ccccc1)c1nnnn1CCOc1cccc(C(=O)NCCO)c1. The van der Waals surface area contributed by atoms with Crippen LogP contribution >= 0.6 is 0 Å². The van der Waals surface area contributed by atoms with Gasteiger partial charge in [0, 0.05) is 12.1 Å². The number of aromatic nitrogens is 4. The average Bonchev–Trinajstić information content (AvgIpc) is 3.35. The summed E-state index contributed by atoms with van der Waals surface area (Å²) in [5.41, 5.74) is 6.27. The van der Waals surface area contributed by atoms with Gasteiger partial charge in [-0.05, 0) is 48.0 Å². The summed E-state index contributed by atoms with van der Waals surface area (Å²) in [4.78, 5) is 24.7.